The Morgan fingerprint density at radius 2 is 2.05 bits per heavy atom. The molecule has 22 heavy (non-hydrogen) atoms. The molecule has 1 unspecified atom stereocenters. The first-order valence-electron chi connectivity index (χ1n) is 7.14. The van der Waals surface area contributed by atoms with Crippen LogP contribution in [0.3, 0.4) is 0 Å². The minimum Gasteiger partial charge on any atom is -0.465 e. The van der Waals surface area contributed by atoms with Crippen molar-refractivity contribution < 1.29 is 13.7 Å². The maximum absolute atomic E-state index is 5.86. The molecule has 4 rings (SSSR count). The topological polar surface area (TPSA) is 64.8 Å². The van der Waals surface area contributed by atoms with Gasteiger partial charge in [0.25, 0.3) is 0 Å². The fourth-order valence-electron chi connectivity index (χ4n) is 2.79. The highest BCUT2D eigenvalue weighted by Gasteiger charge is 2.30. The van der Waals surface area contributed by atoms with Gasteiger partial charge in [0.2, 0.25) is 5.88 Å². The molecule has 3 heterocycles. The van der Waals surface area contributed by atoms with Gasteiger partial charge in [-0.2, -0.15) is 0 Å². The van der Waals surface area contributed by atoms with Crippen molar-refractivity contribution in [2.75, 3.05) is 0 Å². The predicted molar refractivity (Wildman–Crippen MR) is 81.3 cm³/mol. The Morgan fingerprint density at radius 3 is 2.86 bits per heavy atom. The fraction of sp³-hybridized carbons (Fsp3) is 0.176. The number of furan rings is 2. The molecule has 2 aromatic heterocycles. The Hall–Kier alpha value is -2.66. The number of hydrogen-bond donors (Lipinski definition) is 1. The van der Waals surface area contributed by atoms with E-state index in [2.05, 4.69) is 0 Å². The number of nitrogens with two attached hydrogens (primary N) is 1. The van der Waals surface area contributed by atoms with E-state index in [1.165, 1.54) is 0 Å². The number of rotatable bonds is 3. The Labute approximate surface area is 127 Å². The zero-order valence-corrected chi connectivity index (χ0v) is 12.2. The maximum Gasteiger partial charge on any atom is 0.207 e. The van der Waals surface area contributed by atoms with Crippen LogP contribution in [-0.2, 0) is 11.4 Å². The van der Waals surface area contributed by atoms with Crippen molar-refractivity contribution >= 4 is 11.0 Å². The summed E-state index contributed by atoms with van der Waals surface area (Å²) in [5.74, 6) is 2.09. The fourth-order valence-corrected chi connectivity index (χ4v) is 2.79. The van der Waals surface area contributed by atoms with E-state index >= 15 is 0 Å². The third-order valence-corrected chi connectivity index (χ3v) is 3.79. The summed E-state index contributed by atoms with van der Waals surface area (Å²) in [6.07, 6.45) is 3.64. The lowest BCUT2D eigenvalue weighted by molar-refractivity contribution is -0.131. The predicted octanol–water partition coefficient (Wildman–Crippen LogP) is 3.62. The van der Waals surface area contributed by atoms with E-state index < -0.39 is 0 Å². The second kappa shape index (κ2) is 4.96. The smallest absolute Gasteiger partial charge is 0.207 e. The standard InChI is InChI=1S/C17H16N2O3/c1-11-6-7-12(21-11)9-19-15(8-17(18)22-19)14-10-20-16-5-3-2-4-13(14)16/h2-8,10,15H,9,18H2,1H3. The number of nitrogens with zero attached hydrogens (tertiary/aromatic N) is 1. The summed E-state index contributed by atoms with van der Waals surface area (Å²) in [5.41, 5.74) is 7.74. The molecule has 3 aromatic rings. The van der Waals surface area contributed by atoms with Gasteiger partial charge in [0.1, 0.15) is 17.1 Å². The first-order chi connectivity index (χ1) is 10.7. The number of para-hydroxylation sites is 1. The van der Waals surface area contributed by atoms with Crippen LogP contribution < -0.4 is 5.73 Å². The van der Waals surface area contributed by atoms with Gasteiger partial charge in [-0.25, -0.2) is 0 Å². The molecule has 1 aromatic carbocycles. The van der Waals surface area contributed by atoms with E-state index in [4.69, 9.17) is 19.4 Å². The number of fused-ring (bicyclic) bond motifs is 1. The average molecular weight is 296 g/mol. The van der Waals surface area contributed by atoms with E-state index in [1.807, 2.05) is 49.4 Å². The molecular formula is C17H16N2O3. The zero-order chi connectivity index (χ0) is 15.1. The summed E-state index contributed by atoms with van der Waals surface area (Å²) < 4.78 is 11.2. The molecule has 5 nitrogen and oxygen atoms in total. The van der Waals surface area contributed by atoms with Gasteiger partial charge in [-0.15, -0.1) is 5.06 Å². The summed E-state index contributed by atoms with van der Waals surface area (Å²) in [5, 5.41) is 2.85. The molecular weight excluding hydrogens is 280 g/mol. The van der Waals surface area contributed by atoms with Gasteiger partial charge in [0, 0.05) is 17.0 Å². The second-order valence-corrected chi connectivity index (χ2v) is 5.38. The van der Waals surface area contributed by atoms with E-state index in [0.29, 0.717) is 12.4 Å². The molecule has 5 heteroatoms. The van der Waals surface area contributed by atoms with Gasteiger partial charge < -0.3 is 19.4 Å². The maximum atomic E-state index is 5.86. The highest BCUT2D eigenvalue weighted by molar-refractivity contribution is 5.81. The molecule has 0 fully saturated rings. The molecule has 1 aliphatic rings. The molecule has 2 N–H and O–H groups in total. The number of aryl methyl sites for hydroxylation is 1. The highest BCUT2D eigenvalue weighted by atomic mass is 16.7. The SMILES string of the molecule is Cc1ccc(CN2OC(N)=CC2c2coc3ccccc23)o1. The molecule has 0 amide bonds. The van der Waals surface area contributed by atoms with E-state index in [0.717, 1.165) is 28.1 Å². The van der Waals surface area contributed by atoms with Gasteiger partial charge in [0.15, 0.2) is 0 Å². The molecule has 0 spiro atoms. The van der Waals surface area contributed by atoms with Crippen molar-refractivity contribution in [3.8, 4) is 0 Å². The van der Waals surface area contributed by atoms with Crippen molar-refractivity contribution in [2.45, 2.75) is 19.5 Å². The van der Waals surface area contributed by atoms with E-state index in [9.17, 15) is 0 Å². The largest absolute Gasteiger partial charge is 0.465 e. The minimum atomic E-state index is -0.103. The van der Waals surface area contributed by atoms with Crippen molar-refractivity contribution in [2.24, 2.45) is 5.73 Å². The first-order valence-corrected chi connectivity index (χ1v) is 7.14. The van der Waals surface area contributed by atoms with Crippen LogP contribution in [0.2, 0.25) is 0 Å². The van der Waals surface area contributed by atoms with Crippen LogP contribution in [0.5, 0.6) is 0 Å². The second-order valence-electron chi connectivity index (χ2n) is 5.38. The monoisotopic (exact) mass is 296 g/mol. The van der Waals surface area contributed by atoms with Crippen molar-refractivity contribution in [3.05, 3.63) is 71.7 Å². The van der Waals surface area contributed by atoms with Gasteiger partial charge in [-0.3, -0.25) is 0 Å². The summed E-state index contributed by atoms with van der Waals surface area (Å²) in [6.45, 7) is 2.43. The van der Waals surface area contributed by atoms with Crippen LogP contribution in [0, 0.1) is 6.92 Å². The lowest BCUT2D eigenvalue weighted by Crippen LogP contribution is -2.22. The van der Waals surface area contributed by atoms with Gasteiger partial charge >= 0.3 is 0 Å². The van der Waals surface area contributed by atoms with E-state index in [1.54, 1.807) is 11.3 Å². The first kappa shape index (κ1) is 13.0. The summed E-state index contributed by atoms with van der Waals surface area (Å²) in [4.78, 5) is 5.63. The quantitative estimate of drug-likeness (QED) is 0.799. The van der Waals surface area contributed by atoms with Crippen LogP contribution in [0.15, 0.2) is 63.5 Å². The van der Waals surface area contributed by atoms with Crippen LogP contribution in [0.1, 0.15) is 23.1 Å². The number of benzene rings is 1. The van der Waals surface area contributed by atoms with Gasteiger partial charge in [0.05, 0.1) is 18.8 Å². The highest BCUT2D eigenvalue weighted by Crippen LogP contribution is 2.36. The van der Waals surface area contributed by atoms with Crippen LogP contribution in [0.4, 0.5) is 0 Å². The summed E-state index contributed by atoms with van der Waals surface area (Å²) >= 11 is 0. The molecule has 1 aliphatic heterocycles. The normalized spacial score (nSPS) is 18.6. The van der Waals surface area contributed by atoms with Crippen molar-refractivity contribution in [1.82, 2.24) is 5.06 Å². The van der Waals surface area contributed by atoms with Crippen molar-refractivity contribution in [1.29, 1.82) is 0 Å². The Kier molecular flexibility index (Phi) is 2.94. The van der Waals surface area contributed by atoms with Gasteiger partial charge in [-0.05, 0) is 25.1 Å². The van der Waals surface area contributed by atoms with Crippen molar-refractivity contribution in [3.63, 3.8) is 0 Å². The summed E-state index contributed by atoms with van der Waals surface area (Å²) in [7, 11) is 0. The van der Waals surface area contributed by atoms with Crippen LogP contribution in [0.25, 0.3) is 11.0 Å². The van der Waals surface area contributed by atoms with Gasteiger partial charge in [-0.1, -0.05) is 18.2 Å². The molecule has 0 radical (unpaired) electrons. The molecule has 0 saturated heterocycles. The zero-order valence-electron chi connectivity index (χ0n) is 12.2. The molecule has 112 valence electrons. The third kappa shape index (κ3) is 2.16. The van der Waals surface area contributed by atoms with E-state index in [-0.39, 0.29) is 6.04 Å². The lowest BCUT2D eigenvalue weighted by atomic mass is 10.1. The van der Waals surface area contributed by atoms with Crippen LogP contribution in [-0.4, -0.2) is 5.06 Å². The number of hydrogen-bond acceptors (Lipinski definition) is 5. The molecule has 0 aliphatic carbocycles. The molecule has 0 bridgehead atoms. The average Bonchev–Trinajstić information content (AvgIpc) is 3.18. The lowest BCUT2D eigenvalue weighted by Gasteiger charge is -2.20. The summed E-state index contributed by atoms with van der Waals surface area (Å²) in [6, 6.07) is 11.7. The molecule has 0 saturated carbocycles. The molecule has 1 atom stereocenters. The Morgan fingerprint density at radius 1 is 1.18 bits per heavy atom. The van der Waals surface area contributed by atoms with Crippen LogP contribution >= 0.6 is 0 Å². The minimum absolute atomic E-state index is 0.103. The third-order valence-electron chi connectivity index (χ3n) is 3.79. The number of hydroxylamine groups is 2. The Balaban J connectivity index is 1.68. The Bertz CT molecular complexity index is 846.